The Hall–Kier alpha value is -6.86. The van der Waals surface area contributed by atoms with Crippen molar-refractivity contribution in [1.82, 2.24) is 10.6 Å². The van der Waals surface area contributed by atoms with Crippen LogP contribution in [0.3, 0.4) is 0 Å². The molecular weight excluding hydrogens is 741 g/mol. The van der Waals surface area contributed by atoms with Crippen LogP contribution in [0.25, 0.3) is 21.5 Å². The van der Waals surface area contributed by atoms with E-state index < -0.39 is 35.1 Å². The van der Waals surface area contributed by atoms with Gasteiger partial charge in [-0.25, -0.2) is 0 Å². The molecule has 0 aliphatic carbocycles. The van der Waals surface area contributed by atoms with E-state index in [1.54, 1.807) is 0 Å². The fraction of sp³-hybridized carbons (Fsp3) is 0.148. The Bertz CT molecular complexity index is 2420. The van der Waals surface area contributed by atoms with Crippen LogP contribution >= 0.6 is 0 Å². The van der Waals surface area contributed by atoms with E-state index in [2.05, 4.69) is 10.6 Å². The highest BCUT2D eigenvalue weighted by atomic mass is 16.3. The number of fused-ring (bicyclic) bond motifs is 2. The van der Waals surface area contributed by atoms with Crippen molar-refractivity contribution >= 4 is 33.4 Å². The predicted molar refractivity (Wildman–Crippen MR) is 240 cm³/mol. The molecule has 0 saturated heterocycles. The quantitative estimate of drug-likeness (QED) is 0.0826. The van der Waals surface area contributed by atoms with Gasteiger partial charge in [-0.3, -0.25) is 9.59 Å². The fourth-order valence-electron chi connectivity index (χ4n) is 8.55. The first-order chi connectivity index (χ1) is 29.2. The highest BCUT2D eigenvalue weighted by molar-refractivity contribution is 6.35. The average molecular weight is 789 g/mol. The number of carbonyl (C=O) groups excluding carboxylic acids is 2. The maximum absolute atomic E-state index is 14.6. The van der Waals surface area contributed by atoms with Crippen LogP contribution < -0.4 is 10.6 Å². The molecule has 0 radical (unpaired) electrons. The van der Waals surface area contributed by atoms with Crippen molar-refractivity contribution in [3.63, 3.8) is 0 Å². The van der Waals surface area contributed by atoms with E-state index in [1.165, 1.54) is 0 Å². The zero-order valence-corrected chi connectivity index (χ0v) is 33.3. The van der Waals surface area contributed by atoms with Crippen molar-refractivity contribution in [2.24, 2.45) is 0 Å². The predicted octanol–water partition coefficient (Wildman–Crippen LogP) is 9.44. The summed E-state index contributed by atoms with van der Waals surface area (Å²) >= 11 is 0. The molecule has 0 aliphatic rings. The lowest BCUT2D eigenvalue weighted by atomic mass is 9.78. The minimum atomic E-state index is -1.58. The summed E-state index contributed by atoms with van der Waals surface area (Å²) in [4.78, 5) is 29.3. The standard InChI is InChI=1S/C54H48N2O4/c57-51(55-49(47-31-29-43-25-13-15-27-45(43)33-47)53(59,35-39-17-5-1-6-18-39)36-40-19-7-2-8-20-40)52(58)56-50(48-32-30-44-26-14-16-28-46(44)34-48)54(60,37-41-21-9-3-10-22-41)38-42-23-11-4-12-24-42/h1-34,49-50,59-60H,35-38H2,(H,55,57)(H,56,58)/t49-,50-/m1/s1. The monoisotopic (exact) mass is 788 g/mol. The van der Waals surface area contributed by atoms with E-state index >= 15 is 0 Å². The molecule has 0 bridgehead atoms. The third kappa shape index (κ3) is 9.37. The van der Waals surface area contributed by atoms with E-state index in [1.807, 2.05) is 206 Å². The normalized spacial score (nSPS) is 12.8. The molecule has 2 amide bonds. The molecule has 6 nitrogen and oxygen atoms in total. The zero-order chi connectivity index (χ0) is 41.4. The largest absolute Gasteiger partial charge is 0.387 e. The Balaban J connectivity index is 1.20. The highest BCUT2D eigenvalue weighted by Crippen LogP contribution is 2.37. The van der Waals surface area contributed by atoms with Crippen molar-refractivity contribution in [3.05, 3.63) is 240 Å². The fourth-order valence-corrected chi connectivity index (χ4v) is 8.55. The Kier molecular flexibility index (Phi) is 12.0. The minimum absolute atomic E-state index is 0.190. The third-order valence-electron chi connectivity index (χ3n) is 11.5. The van der Waals surface area contributed by atoms with Gasteiger partial charge >= 0.3 is 11.8 Å². The molecule has 8 rings (SSSR count). The Labute approximate surface area is 351 Å². The number of hydrogen-bond acceptors (Lipinski definition) is 4. The average Bonchev–Trinajstić information content (AvgIpc) is 3.28. The molecule has 0 unspecified atom stereocenters. The van der Waals surface area contributed by atoms with Crippen molar-refractivity contribution in [2.75, 3.05) is 0 Å². The molecule has 0 fully saturated rings. The molecule has 0 heterocycles. The van der Waals surface area contributed by atoms with E-state index in [-0.39, 0.29) is 25.7 Å². The maximum Gasteiger partial charge on any atom is 0.309 e. The summed E-state index contributed by atoms with van der Waals surface area (Å²) in [5, 5.41) is 36.1. The first kappa shape index (κ1) is 39.9. The third-order valence-corrected chi connectivity index (χ3v) is 11.5. The van der Waals surface area contributed by atoms with Crippen LogP contribution in [0.2, 0.25) is 0 Å². The Morgan fingerprint density at radius 2 is 0.633 bits per heavy atom. The van der Waals surface area contributed by atoms with Gasteiger partial charge in [-0.1, -0.05) is 194 Å². The maximum atomic E-state index is 14.6. The summed E-state index contributed by atoms with van der Waals surface area (Å²) in [5.41, 5.74) is 1.65. The van der Waals surface area contributed by atoms with E-state index in [9.17, 15) is 19.8 Å². The molecule has 8 aromatic carbocycles. The van der Waals surface area contributed by atoms with E-state index in [0.717, 1.165) is 43.8 Å². The van der Waals surface area contributed by atoms with Gasteiger partial charge in [-0.05, 0) is 67.1 Å². The molecule has 0 saturated carbocycles. The van der Waals surface area contributed by atoms with Crippen molar-refractivity contribution in [3.8, 4) is 0 Å². The molecule has 298 valence electrons. The smallest absolute Gasteiger partial charge is 0.309 e. The summed E-state index contributed by atoms with van der Waals surface area (Å²) in [7, 11) is 0. The minimum Gasteiger partial charge on any atom is -0.387 e. The van der Waals surface area contributed by atoms with Crippen LogP contribution in [0.5, 0.6) is 0 Å². The molecule has 2 atom stereocenters. The lowest BCUT2D eigenvalue weighted by Crippen LogP contribution is -2.55. The SMILES string of the molecule is O=C(N[C@H](c1ccc2ccccc2c1)C(O)(Cc1ccccc1)Cc1ccccc1)C(=O)N[C@H](c1ccc2ccccc2c1)C(O)(Cc1ccccc1)Cc1ccccc1. The number of nitrogens with one attached hydrogen (secondary N) is 2. The lowest BCUT2D eigenvalue weighted by Gasteiger charge is -2.39. The number of aliphatic hydroxyl groups is 2. The summed E-state index contributed by atoms with van der Waals surface area (Å²) in [6.45, 7) is 0. The second kappa shape index (κ2) is 18.0. The van der Waals surface area contributed by atoms with Crippen LogP contribution in [0.1, 0.15) is 45.5 Å². The number of hydrogen-bond donors (Lipinski definition) is 4. The van der Waals surface area contributed by atoms with Gasteiger partial charge in [0.2, 0.25) is 0 Å². The van der Waals surface area contributed by atoms with Gasteiger partial charge in [0.25, 0.3) is 0 Å². The highest BCUT2D eigenvalue weighted by Gasteiger charge is 2.43. The molecule has 6 heteroatoms. The van der Waals surface area contributed by atoms with E-state index in [4.69, 9.17) is 0 Å². The number of carbonyl (C=O) groups is 2. The summed E-state index contributed by atoms with van der Waals surface area (Å²) in [6.07, 6.45) is 0.761. The number of rotatable bonds is 14. The van der Waals surface area contributed by atoms with Gasteiger partial charge in [-0.2, -0.15) is 0 Å². The molecule has 4 N–H and O–H groups in total. The Morgan fingerprint density at radius 1 is 0.367 bits per heavy atom. The summed E-state index contributed by atoms with van der Waals surface area (Å²) in [6, 6.07) is 64.2. The lowest BCUT2D eigenvalue weighted by molar-refractivity contribution is -0.142. The first-order valence-corrected chi connectivity index (χ1v) is 20.4. The molecule has 60 heavy (non-hydrogen) atoms. The Morgan fingerprint density at radius 3 is 0.933 bits per heavy atom. The van der Waals surface area contributed by atoms with Gasteiger partial charge in [0.05, 0.1) is 23.3 Å². The van der Waals surface area contributed by atoms with Crippen molar-refractivity contribution in [2.45, 2.75) is 49.0 Å². The molecule has 0 aromatic heterocycles. The van der Waals surface area contributed by atoms with Crippen molar-refractivity contribution < 1.29 is 19.8 Å². The van der Waals surface area contributed by atoms with Crippen molar-refractivity contribution in [1.29, 1.82) is 0 Å². The van der Waals surface area contributed by atoms with Gasteiger partial charge < -0.3 is 20.8 Å². The van der Waals surface area contributed by atoms with E-state index in [0.29, 0.717) is 11.1 Å². The van der Waals surface area contributed by atoms with Crippen LogP contribution in [0.4, 0.5) is 0 Å². The summed E-state index contributed by atoms with van der Waals surface area (Å²) < 4.78 is 0. The van der Waals surface area contributed by atoms with Gasteiger partial charge in [0, 0.05) is 25.7 Å². The van der Waals surface area contributed by atoms with Crippen LogP contribution in [-0.2, 0) is 35.3 Å². The van der Waals surface area contributed by atoms with Crippen LogP contribution in [0, 0.1) is 0 Å². The number of benzene rings is 8. The molecule has 0 aliphatic heterocycles. The zero-order valence-electron chi connectivity index (χ0n) is 33.3. The summed E-state index contributed by atoms with van der Waals surface area (Å²) in [5.74, 6) is -1.86. The molecule has 8 aromatic rings. The second-order valence-electron chi connectivity index (χ2n) is 15.9. The first-order valence-electron chi connectivity index (χ1n) is 20.4. The molecular formula is C54H48N2O4. The topological polar surface area (TPSA) is 98.7 Å². The van der Waals surface area contributed by atoms with Gasteiger partial charge in [0.1, 0.15) is 0 Å². The van der Waals surface area contributed by atoms with Gasteiger partial charge in [-0.15, -0.1) is 0 Å². The van der Waals surface area contributed by atoms with Crippen LogP contribution in [0.15, 0.2) is 206 Å². The second-order valence-corrected chi connectivity index (χ2v) is 15.9. The molecule has 0 spiro atoms. The van der Waals surface area contributed by atoms with Gasteiger partial charge in [0.15, 0.2) is 0 Å². The van der Waals surface area contributed by atoms with Crippen LogP contribution in [-0.4, -0.2) is 33.2 Å². The number of amides is 2.